The van der Waals surface area contributed by atoms with Gasteiger partial charge in [-0.05, 0) is 38.1 Å². The third-order valence-corrected chi connectivity index (χ3v) is 3.80. The zero-order chi connectivity index (χ0) is 11.8. The topological polar surface area (TPSA) is 12.0 Å². The molecule has 0 aliphatic rings. The lowest BCUT2D eigenvalue weighted by Gasteiger charge is -2.19. The van der Waals surface area contributed by atoms with Gasteiger partial charge in [-0.1, -0.05) is 32.3 Å². The summed E-state index contributed by atoms with van der Waals surface area (Å²) in [5.74, 6) is 0. The fraction of sp³-hybridized carbons (Fsp3) is 0.714. The van der Waals surface area contributed by atoms with E-state index in [1.807, 2.05) is 11.3 Å². The van der Waals surface area contributed by atoms with Crippen LogP contribution >= 0.6 is 11.3 Å². The molecule has 2 unspecified atom stereocenters. The van der Waals surface area contributed by atoms with Gasteiger partial charge in [-0.3, -0.25) is 0 Å². The van der Waals surface area contributed by atoms with E-state index in [0.717, 1.165) is 6.42 Å². The van der Waals surface area contributed by atoms with Crippen LogP contribution in [0.4, 0.5) is 0 Å². The number of unbranched alkanes of at least 4 members (excludes halogenated alkanes) is 2. The Morgan fingerprint density at radius 1 is 1.25 bits per heavy atom. The molecule has 0 aliphatic heterocycles. The highest BCUT2D eigenvalue weighted by atomic mass is 32.1. The Balaban J connectivity index is 2.15. The molecule has 92 valence electrons. The zero-order valence-electron chi connectivity index (χ0n) is 10.8. The standard InChI is InChI=1S/C14H25NS/c1-4-5-6-8-12(2)15-13(3)11-14-9-7-10-16-14/h7,9-10,12-13,15H,4-6,8,11H2,1-3H3. The summed E-state index contributed by atoms with van der Waals surface area (Å²) in [6, 6.07) is 5.61. The van der Waals surface area contributed by atoms with E-state index in [2.05, 4.69) is 43.6 Å². The zero-order valence-corrected chi connectivity index (χ0v) is 11.6. The molecule has 0 fully saturated rings. The quantitative estimate of drug-likeness (QED) is 0.669. The largest absolute Gasteiger partial charge is 0.311 e. The molecule has 1 aromatic rings. The number of nitrogens with one attached hydrogen (secondary N) is 1. The van der Waals surface area contributed by atoms with Crippen molar-refractivity contribution in [2.45, 2.75) is 65.0 Å². The molecule has 1 N–H and O–H groups in total. The highest BCUT2D eigenvalue weighted by Crippen LogP contribution is 2.12. The molecule has 0 aromatic carbocycles. The summed E-state index contributed by atoms with van der Waals surface area (Å²) in [4.78, 5) is 1.49. The molecule has 0 amide bonds. The summed E-state index contributed by atoms with van der Waals surface area (Å²) in [5, 5.41) is 5.84. The fourth-order valence-electron chi connectivity index (χ4n) is 2.06. The van der Waals surface area contributed by atoms with Gasteiger partial charge in [0.2, 0.25) is 0 Å². The molecule has 0 radical (unpaired) electrons. The Morgan fingerprint density at radius 2 is 2.06 bits per heavy atom. The fourth-order valence-corrected chi connectivity index (χ4v) is 2.89. The molecule has 16 heavy (non-hydrogen) atoms. The maximum absolute atomic E-state index is 3.68. The summed E-state index contributed by atoms with van der Waals surface area (Å²) in [6.45, 7) is 6.86. The van der Waals surface area contributed by atoms with Gasteiger partial charge in [0, 0.05) is 17.0 Å². The van der Waals surface area contributed by atoms with E-state index in [1.54, 1.807) is 0 Å². The summed E-state index contributed by atoms with van der Waals surface area (Å²) in [6.07, 6.45) is 6.51. The van der Waals surface area contributed by atoms with Gasteiger partial charge in [-0.2, -0.15) is 0 Å². The Labute approximate surface area is 104 Å². The monoisotopic (exact) mass is 239 g/mol. The van der Waals surface area contributed by atoms with Crippen molar-refractivity contribution in [3.8, 4) is 0 Å². The first-order valence-corrected chi connectivity index (χ1v) is 7.38. The number of rotatable bonds is 8. The second-order valence-corrected chi connectivity index (χ2v) is 5.78. The summed E-state index contributed by atoms with van der Waals surface area (Å²) >= 11 is 1.86. The third kappa shape index (κ3) is 5.66. The molecule has 2 atom stereocenters. The average Bonchev–Trinajstić information content (AvgIpc) is 2.70. The van der Waals surface area contributed by atoms with Gasteiger partial charge in [0.25, 0.3) is 0 Å². The van der Waals surface area contributed by atoms with Crippen LogP contribution in [-0.4, -0.2) is 12.1 Å². The highest BCUT2D eigenvalue weighted by molar-refractivity contribution is 7.09. The van der Waals surface area contributed by atoms with E-state index in [-0.39, 0.29) is 0 Å². The molecule has 1 nitrogen and oxygen atoms in total. The van der Waals surface area contributed by atoms with Gasteiger partial charge in [0.1, 0.15) is 0 Å². The lowest BCUT2D eigenvalue weighted by atomic mass is 10.1. The molecule has 0 saturated heterocycles. The smallest absolute Gasteiger partial charge is 0.00894 e. The van der Waals surface area contributed by atoms with Crippen LogP contribution in [0.1, 0.15) is 51.3 Å². The molecule has 2 heteroatoms. The van der Waals surface area contributed by atoms with Gasteiger partial charge >= 0.3 is 0 Å². The molecule has 1 heterocycles. The minimum Gasteiger partial charge on any atom is -0.311 e. The maximum Gasteiger partial charge on any atom is 0.00894 e. The molecule has 1 rings (SSSR count). The lowest BCUT2D eigenvalue weighted by Crippen LogP contribution is -2.35. The number of thiophene rings is 1. The van der Waals surface area contributed by atoms with Gasteiger partial charge in [0.05, 0.1) is 0 Å². The van der Waals surface area contributed by atoms with Crippen molar-refractivity contribution in [2.24, 2.45) is 0 Å². The first-order valence-electron chi connectivity index (χ1n) is 6.50. The predicted molar refractivity (Wildman–Crippen MR) is 74.2 cm³/mol. The van der Waals surface area contributed by atoms with Crippen LogP contribution in [0.5, 0.6) is 0 Å². The van der Waals surface area contributed by atoms with Crippen molar-refractivity contribution in [1.29, 1.82) is 0 Å². The Bertz CT molecular complexity index is 256. The van der Waals surface area contributed by atoms with E-state index >= 15 is 0 Å². The Kier molecular flexibility index (Phi) is 6.74. The molecule has 0 spiro atoms. The summed E-state index contributed by atoms with van der Waals surface area (Å²) in [7, 11) is 0. The average molecular weight is 239 g/mol. The molecular weight excluding hydrogens is 214 g/mol. The van der Waals surface area contributed by atoms with Crippen molar-refractivity contribution >= 4 is 11.3 Å². The van der Waals surface area contributed by atoms with Gasteiger partial charge in [-0.25, -0.2) is 0 Å². The van der Waals surface area contributed by atoms with E-state index in [4.69, 9.17) is 0 Å². The normalized spacial score (nSPS) is 14.9. The molecule has 0 saturated carbocycles. The lowest BCUT2D eigenvalue weighted by molar-refractivity contribution is 0.431. The van der Waals surface area contributed by atoms with Crippen LogP contribution in [0.25, 0.3) is 0 Å². The molecule has 1 aromatic heterocycles. The van der Waals surface area contributed by atoms with Crippen molar-refractivity contribution in [1.82, 2.24) is 5.32 Å². The van der Waals surface area contributed by atoms with Crippen molar-refractivity contribution in [3.63, 3.8) is 0 Å². The minimum absolute atomic E-state index is 0.593. The first kappa shape index (κ1) is 13.7. The van der Waals surface area contributed by atoms with Crippen LogP contribution in [0.3, 0.4) is 0 Å². The second-order valence-electron chi connectivity index (χ2n) is 4.75. The Morgan fingerprint density at radius 3 is 2.69 bits per heavy atom. The summed E-state index contributed by atoms with van der Waals surface area (Å²) < 4.78 is 0. The Hall–Kier alpha value is -0.340. The second kappa shape index (κ2) is 7.86. The molecule has 0 bridgehead atoms. The van der Waals surface area contributed by atoms with Gasteiger partial charge in [-0.15, -0.1) is 11.3 Å². The van der Waals surface area contributed by atoms with Crippen LogP contribution in [-0.2, 0) is 6.42 Å². The maximum atomic E-state index is 3.68. The number of hydrogen-bond acceptors (Lipinski definition) is 2. The van der Waals surface area contributed by atoms with Gasteiger partial charge in [0.15, 0.2) is 0 Å². The van der Waals surface area contributed by atoms with E-state index in [1.165, 1.54) is 30.6 Å². The van der Waals surface area contributed by atoms with E-state index in [0.29, 0.717) is 12.1 Å². The van der Waals surface area contributed by atoms with E-state index < -0.39 is 0 Å². The van der Waals surface area contributed by atoms with Crippen LogP contribution in [0.15, 0.2) is 17.5 Å². The van der Waals surface area contributed by atoms with Crippen molar-refractivity contribution in [3.05, 3.63) is 22.4 Å². The van der Waals surface area contributed by atoms with Crippen LogP contribution in [0, 0.1) is 0 Å². The van der Waals surface area contributed by atoms with Crippen LogP contribution in [0.2, 0.25) is 0 Å². The van der Waals surface area contributed by atoms with Crippen LogP contribution < -0.4 is 5.32 Å². The van der Waals surface area contributed by atoms with Crippen molar-refractivity contribution in [2.75, 3.05) is 0 Å². The summed E-state index contributed by atoms with van der Waals surface area (Å²) in [5.41, 5.74) is 0. The highest BCUT2D eigenvalue weighted by Gasteiger charge is 2.08. The third-order valence-electron chi connectivity index (χ3n) is 2.90. The predicted octanol–water partition coefficient (Wildman–Crippen LogP) is 4.24. The van der Waals surface area contributed by atoms with Crippen molar-refractivity contribution < 1.29 is 0 Å². The molecular formula is C14H25NS. The van der Waals surface area contributed by atoms with Gasteiger partial charge < -0.3 is 5.32 Å². The minimum atomic E-state index is 0.593. The SMILES string of the molecule is CCCCCC(C)NC(C)Cc1cccs1. The first-order chi connectivity index (χ1) is 7.72. The number of hydrogen-bond donors (Lipinski definition) is 1. The van der Waals surface area contributed by atoms with E-state index in [9.17, 15) is 0 Å². The molecule has 0 aliphatic carbocycles.